The van der Waals surface area contributed by atoms with E-state index in [2.05, 4.69) is 17.6 Å². The third-order valence-electron chi connectivity index (χ3n) is 4.15. The maximum atomic E-state index is 12.8. The number of hydrogen-bond acceptors (Lipinski definition) is 1. The summed E-state index contributed by atoms with van der Waals surface area (Å²) < 4.78 is 38.5. The lowest BCUT2D eigenvalue weighted by Crippen LogP contribution is -2.47. The second kappa shape index (κ2) is 6.62. The van der Waals surface area contributed by atoms with Gasteiger partial charge in [-0.3, -0.25) is 0 Å². The molecule has 2 nitrogen and oxygen atoms in total. The molecule has 0 amide bonds. The summed E-state index contributed by atoms with van der Waals surface area (Å²) in [6.07, 6.45) is 0.786. The lowest BCUT2D eigenvalue weighted by atomic mass is 9.95. The molecule has 1 aliphatic rings. The first-order valence-electron chi connectivity index (χ1n) is 7.22. The Balaban J connectivity index is 2.09. The molecule has 1 fully saturated rings. The molecule has 0 bridgehead atoms. The number of thiocarbonyl (C=S) groups is 1. The van der Waals surface area contributed by atoms with E-state index >= 15 is 0 Å². The molecule has 7 heteroatoms. The average molecular weight is 351 g/mol. The maximum Gasteiger partial charge on any atom is 0.417 e. The van der Waals surface area contributed by atoms with Crippen LogP contribution in [0.5, 0.6) is 0 Å². The van der Waals surface area contributed by atoms with E-state index in [-0.39, 0.29) is 16.2 Å². The van der Waals surface area contributed by atoms with Gasteiger partial charge in [-0.2, -0.15) is 13.2 Å². The van der Waals surface area contributed by atoms with Crippen molar-refractivity contribution in [2.24, 2.45) is 0 Å². The molecule has 1 aromatic rings. The second-order valence-electron chi connectivity index (χ2n) is 5.61. The highest BCUT2D eigenvalue weighted by Gasteiger charge is 2.34. The van der Waals surface area contributed by atoms with Crippen LogP contribution in [0.15, 0.2) is 18.2 Å². The van der Waals surface area contributed by atoms with Crippen LogP contribution >= 0.6 is 23.8 Å². The van der Waals surface area contributed by atoms with Gasteiger partial charge < -0.3 is 10.6 Å². The lowest BCUT2D eigenvalue weighted by molar-refractivity contribution is -0.137. The number of anilines is 1. The van der Waals surface area contributed by atoms with Crippen LogP contribution in [0.1, 0.15) is 44.6 Å². The molecule has 0 atom stereocenters. The molecule has 122 valence electrons. The monoisotopic (exact) mass is 350 g/mol. The molecule has 1 aromatic carbocycles. The fourth-order valence-corrected chi connectivity index (χ4v) is 3.40. The first-order chi connectivity index (χ1) is 10.3. The molecule has 2 N–H and O–H groups in total. The molecular weight excluding hydrogens is 333 g/mol. The van der Waals surface area contributed by atoms with Crippen LogP contribution in [0.2, 0.25) is 5.02 Å². The van der Waals surface area contributed by atoms with Gasteiger partial charge in [0.15, 0.2) is 5.11 Å². The van der Waals surface area contributed by atoms with Crippen LogP contribution in [0.3, 0.4) is 0 Å². The third kappa shape index (κ3) is 4.04. The number of rotatable bonds is 3. The zero-order valence-electron chi connectivity index (χ0n) is 12.2. The maximum absolute atomic E-state index is 12.8. The summed E-state index contributed by atoms with van der Waals surface area (Å²) in [5, 5.41) is 6.12. The number of alkyl halides is 3. The Morgan fingerprint density at radius 1 is 1.32 bits per heavy atom. The molecule has 0 aliphatic heterocycles. The number of benzene rings is 1. The number of hydrogen-bond donors (Lipinski definition) is 2. The number of nitrogens with one attached hydrogen (secondary N) is 2. The molecule has 0 heterocycles. The normalized spacial score (nSPS) is 17.3. The van der Waals surface area contributed by atoms with Crippen molar-refractivity contribution in [3.05, 3.63) is 28.8 Å². The van der Waals surface area contributed by atoms with Gasteiger partial charge in [-0.15, -0.1) is 0 Å². The number of halogens is 4. The van der Waals surface area contributed by atoms with Gasteiger partial charge in [0.2, 0.25) is 0 Å². The van der Waals surface area contributed by atoms with E-state index in [1.165, 1.54) is 12.1 Å². The van der Waals surface area contributed by atoms with Crippen molar-refractivity contribution in [3.63, 3.8) is 0 Å². The van der Waals surface area contributed by atoms with Crippen molar-refractivity contribution in [1.29, 1.82) is 0 Å². The van der Waals surface area contributed by atoms with E-state index in [1.807, 2.05) is 0 Å². The molecule has 0 unspecified atom stereocenters. The summed E-state index contributed by atoms with van der Waals surface area (Å²) in [6.45, 7) is 2.09. The van der Waals surface area contributed by atoms with Crippen molar-refractivity contribution in [2.45, 2.75) is 50.7 Å². The Hall–Kier alpha value is -1.01. The summed E-state index contributed by atoms with van der Waals surface area (Å²) in [5.41, 5.74) is -0.630. The largest absolute Gasteiger partial charge is 0.417 e. The standard InChI is InChI=1S/C15H18ClF3N2S/c1-2-14(7-3-4-8-14)21-13(22)20-10-5-6-12(16)11(9-10)15(17,18)19/h5-6,9H,2-4,7-8H2,1H3,(H2,20,21,22). The van der Waals surface area contributed by atoms with Crippen molar-refractivity contribution in [2.75, 3.05) is 5.32 Å². The van der Waals surface area contributed by atoms with Crippen LogP contribution in [0.25, 0.3) is 0 Å². The quantitative estimate of drug-likeness (QED) is 0.717. The topological polar surface area (TPSA) is 24.1 Å². The zero-order valence-corrected chi connectivity index (χ0v) is 13.8. The van der Waals surface area contributed by atoms with Crippen LogP contribution in [-0.2, 0) is 6.18 Å². The molecule has 22 heavy (non-hydrogen) atoms. The minimum atomic E-state index is -4.49. The Kier molecular flexibility index (Phi) is 5.22. The SMILES string of the molecule is CCC1(NC(=S)Nc2ccc(Cl)c(C(F)(F)F)c2)CCCC1. The summed E-state index contributed by atoms with van der Waals surface area (Å²) in [4.78, 5) is 0. The predicted octanol–water partition coefficient (Wildman–Crippen LogP) is 5.37. The van der Waals surface area contributed by atoms with Gasteiger partial charge in [-0.05, 0) is 49.7 Å². The fraction of sp³-hybridized carbons (Fsp3) is 0.533. The summed E-state index contributed by atoms with van der Waals surface area (Å²) >= 11 is 10.8. The molecule has 1 saturated carbocycles. The fourth-order valence-electron chi connectivity index (χ4n) is 2.84. The highest BCUT2D eigenvalue weighted by atomic mass is 35.5. The molecule has 0 aromatic heterocycles. The van der Waals surface area contributed by atoms with Gasteiger partial charge in [0, 0.05) is 11.2 Å². The first kappa shape index (κ1) is 17.3. The van der Waals surface area contributed by atoms with Gasteiger partial charge in [-0.25, -0.2) is 0 Å². The van der Waals surface area contributed by atoms with E-state index in [1.54, 1.807) is 0 Å². The Labute approximate surface area is 138 Å². The molecule has 2 rings (SSSR count). The first-order valence-corrected chi connectivity index (χ1v) is 8.00. The minimum Gasteiger partial charge on any atom is -0.357 e. The van der Waals surface area contributed by atoms with E-state index in [0.717, 1.165) is 38.2 Å². The third-order valence-corrected chi connectivity index (χ3v) is 4.68. The molecule has 1 aliphatic carbocycles. The Morgan fingerprint density at radius 3 is 2.50 bits per heavy atom. The Bertz CT molecular complexity index is 554. The molecular formula is C15H18ClF3N2S. The van der Waals surface area contributed by atoms with Gasteiger partial charge in [0.1, 0.15) is 0 Å². The van der Waals surface area contributed by atoms with Crippen molar-refractivity contribution in [3.8, 4) is 0 Å². The highest BCUT2D eigenvalue weighted by molar-refractivity contribution is 7.80. The van der Waals surface area contributed by atoms with E-state index < -0.39 is 11.7 Å². The van der Waals surface area contributed by atoms with Crippen LogP contribution in [-0.4, -0.2) is 10.7 Å². The van der Waals surface area contributed by atoms with Crippen LogP contribution in [0, 0.1) is 0 Å². The molecule has 0 radical (unpaired) electrons. The van der Waals surface area contributed by atoms with Gasteiger partial charge in [0.25, 0.3) is 0 Å². The molecule has 0 saturated heterocycles. The Morgan fingerprint density at radius 2 is 1.95 bits per heavy atom. The van der Waals surface area contributed by atoms with Crippen molar-refractivity contribution in [1.82, 2.24) is 5.32 Å². The minimum absolute atomic E-state index is 0.0383. The van der Waals surface area contributed by atoms with Crippen molar-refractivity contribution < 1.29 is 13.2 Å². The highest BCUT2D eigenvalue weighted by Crippen LogP contribution is 2.36. The van der Waals surface area contributed by atoms with Crippen molar-refractivity contribution >= 4 is 34.6 Å². The van der Waals surface area contributed by atoms with E-state index in [9.17, 15) is 13.2 Å². The lowest BCUT2D eigenvalue weighted by Gasteiger charge is -2.30. The van der Waals surface area contributed by atoms with Gasteiger partial charge >= 0.3 is 6.18 Å². The smallest absolute Gasteiger partial charge is 0.357 e. The summed E-state index contributed by atoms with van der Waals surface area (Å²) in [7, 11) is 0. The van der Waals surface area contributed by atoms with E-state index in [4.69, 9.17) is 23.8 Å². The zero-order chi connectivity index (χ0) is 16.4. The predicted molar refractivity (Wildman–Crippen MR) is 87.3 cm³/mol. The summed E-state index contributed by atoms with van der Waals surface area (Å²) in [6, 6.07) is 3.68. The molecule has 0 spiro atoms. The van der Waals surface area contributed by atoms with Gasteiger partial charge in [0.05, 0.1) is 10.6 Å². The van der Waals surface area contributed by atoms with Crippen LogP contribution in [0.4, 0.5) is 18.9 Å². The van der Waals surface area contributed by atoms with E-state index in [0.29, 0.717) is 5.11 Å². The average Bonchev–Trinajstić information content (AvgIpc) is 2.88. The summed E-state index contributed by atoms with van der Waals surface area (Å²) in [5.74, 6) is 0. The second-order valence-corrected chi connectivity index (χ2v) is 6.43. The van der Waals surface area contributed by atoms with Gasteiger partial charge in [-0.1, -0.05) is 31.4 Å². The van der Waals surface area contributed by atoms with Crippen LogP contribution < -0.4 is 10.6 Å².